The van der Waals surface area contributed by atoms with E-state index < -0.39 is 0 Å². The molecule has 1 aromatic heterocycles. The number of nitrogens with one attached hydrogen (secondary N) is 2. The third-order valence-electron chi connectivity index (χ3n) is 2.67. The van der Waals surface area contributed by atoms with Crippen LogP contribution in [0.4, 0.5) is 4.39 Å². The number of benzene rings is 1. The van der Waals surface area contributed by atoms with Crippen LogP contribution in [0.1, 0.15) is 24.2 Å². The molecule has 2 aromatic rings. The number of H-pyrrole nitrogens is 1. The first kappa shape index (κ1) is 13.0. The van der Waals surface area contributed by atoms with Gasteiger partial charge in [-0.3, -0.25) is 0 Å². The van der Waals surface area contributed by atoms with Gasteiger partial charge in [0.2, 0.25) is 0 Å². The van der Waals surface area contributed by atoms with Crippen LogP contribution >= 0.6 is 11.6 Å². The van der Waals surface area contributed by atoms with Gasteiger partial charge in [-0.05, 0) is 36.7 Å². The number of aromatic nitrogens is 3. The molecule has 2 N–H and O–H groups in total. The van der Waals surface area contributed by atoms with Crippen molar-refractivity contribution in [1.82, 2.24) is 20.7 Å². The molecule has 0 amide bonds. The van der Waals surface area contributed by atoms with Crippen molar-refractivity contribution in [2.75, 3.05) is 6.54 Å². The second-order valence-electron chi connectivity index (χ2n) is 3.94. The predicted molar refractivity (Wildman–Crippen MR) is 67.9 cm³/mol. The van der Waals surface area contributed by atoms with Gasteiger partial charge < -0.3 is 5.32 Å². The summed E-state index contributed by atoms with van der Waals surface area (Å²) in [5.41, 5.74) is 1.33. The summed E-state index contributed by atoms with van der Waals surface area (Å²) in [6.45, 7) is 2.75. The topological polar surface area (TPSA) is 53.6 Å². The minimum Gasteiger partial charge on any atom is -0.309 e. The summed E-state index contributed by atoms with van der Waals surface area (Å²) in [5, 5.41) is 14.1. The van der Waals surface area contributed by atoms with Crippen LogP contribution in [0.25, 0.3) is 0 Å². The van der Waals surface area contributed by atoms with Gasteiger partial charge in [0.15, 0.2) is 0 Å². The van der Waals surface area contributed by atoms with Gasteiger partial charge in [-0.2, -0.15) is 15.4 Å². The Labute approximate surface area is 110 Å². The molecule has 2 rings (SSSR count). The quantitative estimate of drug-likeness (QED) is 0.876. The highest BCUT2D eigenvalue weighted by molar-refractivity contribution is 6.30. The van der Waals surface area contributed by atoms with Crippen molar-refractivity contribution < 1.29 is 4.39 Å². The molecule has 0 saturated heterocycles. The van der Waals surface area contributed by atoms with E-state index in [2.05, 4.69) is 20.7 Å². The molecule has 96 valence electrons. The number of nitrogens with zero attached hydrogens (tertiary/aromatic N) is 2. The van der Waals surface area contributed by atoms with Crippen LogP contribution in [0.3, 0.4) is 0 Å². The molecule has 1 heterocycles. The standard InChI is InChI=1S/C12H14ClFN4/c1-2-15-11(12-7-16-18-17-12)6-8-5-9(13)3-4-10(8)14/h3-5,7,11,15H,2,6H2,1H3,(H,16,17,18). The van der Waals surface area contributed by atoms with Gasteiger partial charge in [0, 0.05) is 5.02 Å². The molecule has 1 atom stereocenters. The number of aromatic amines is 1. The van der Waals surface area contributed by atoms with E-state index in [1.807, 2.05) is 6.92 Å². The summed E-state index contributed by atoms with van der Waals surface area (Å²) < 4.78 is 13.7. The summed E-state index contributed by atoms with van der Waals surface area (Å²) >= 11 is 5.88. The van der Waals surface area contributed by atoms with Crippen LogP contribution in [0.2, 0.25) is 5.02 Å². The van der Waals surface area contributed by atoms with E-state index in [9.17, 15) is 4.39 Å². The van der Waals surface area contributed by atoms with Gasteiger partial charge in [-0.25, -0.2) is 4.39 Å². The lowest BCUT2D eigenvalue weighted by molar-refractivity contribution is 0.517. The maximum atomic E-state index is 13.7. The highest BCUT2D eigenvalue weighted by Crippen LogP contribution is 2.21. The Morgan fingerprint density at radius 1 is 1.50 bits per heavy atom. The molecule has 0 aliphatic rings. The Kier molecular flexibility index (Phi) is 4.28. The number of hydrogen-bond donors (Lipinski definition) is 2. The second-order valence-corrected chi connectivity index (χ2v) is 4.38. The van der Waals surface area contributed by atoms with Crippen molar-refractivity contribution in [3.05, 3.63) is 46.5 Å². The molecule has 18 heavy (non-hydrogen) atoms. The Hall–Kier alpha value is -1.46. The van der Waals surface area contributed by atoms with E-state index in [1.54, 1.807) is 18.3 Å². The number of rotatable bonds is 5. The largest absolute Gasteiger partial charge is 0.309 e. The first-order valence-electron chi connectivity index (χ1n) is 5.73. The Morgan fingerprint density at radius 2 is 2.33 bits per heavy atom. The SMILES string of the molecule is CCNC(Cc1cc(Cl)ccc1F)c1cn[nH]n1. The van der Waals surface area contributed by atoms with Gasteiger partial charge in [0.1, 0.15) is 5.82 Å². The fourth-order valence-corrected chi connectivity index (χ4v) is 2.02. The van der Waals surface area contributed by atoms with Crippen LogP contribution in [0.15, 0.2) is 24.4 Å². The lowest BCUT2D eigenvalue weighted by atomic mass is 10.0. The molecule has 0 spiro atoms. The fourth-order valence-electron chi connectivity index (χ4n) is 1.83. The molecule has 0 bridgehead atoms. The first-order chi connectivity index (χ1) is 8.70. The Bertz CT molecular complexity index is 501. The third-order valence-corrected chi connectivity index (χ3v) is 2.91. The molecule has 0 saturated carbocycles. The van der Waals surface area contributed by atoms with Crippen molar-refractivity contribution in [3.8, 4) is 0 Å². The summed E-state index contributed by atoms with van der Waals surface area (Å²) in [7, 11) is 0. The van der Waals surface area contributed by atoms with Gasteiger partial charge in [-0.15, -0.1) is 0 Å². The number of likely N-dealkylation sites (N-methyl/N-ethyl adjacent to an activating group) is 1. The van der Waals surface area contributed by atoms with Crippen molar-refractivity contribution in [3.63, 3.8) is 0 Å². The average Bonchev–Trinajstić information content (AvgIpc) is 2.87. The van der Waals surface area contributed by atoms with Crippen LogP contribution in [-0.2, 0) is 6.42 Å². The van der Waals surface area contributed by atoms with E-state index in [0.717, 1.165) is 12.2 Å². The lowest BCUT2D eigenvalue weighted by Crippen LogP contribution is -2.23. The van der Waals surface area contributed by atoms with Crippen molar-refractivity contribution in [2.45, 2.75) is 19.4 Å². The molecule has 0 aliphatic carbocycles. The summed E-state index contributed by atoms with van der Waals surface area (Å²) in [6.07, 6.45) is 2.11. The van der Waals surface area contributed by atoms with Crippen molar-refractivity contribution >= 4 is 11.6 Å². The normalized spacial score (nSPS) is 12.6. The molecule has 1 unspecified atom stereocenters. The van der Waals surface area contributed by atoms with Crippen LogP contribution in [0, 0.1) is 5.82 Å². The predicted octanol–water partition coefficient (Wildman–Crippen LogP) is 2.49. The monoisotopic (exact) mass is 268 g/mol. The minimum atomic E-state index is -0.259. The lowest BCUT2D eigenvalue weighted by Gasteiger charge is -2.15. The molecular formula is C12H14ClFN4. The third kappa shape index (κ3) is 3.05. The molecule has 1 aromatic carbocycles. The molecule has 0 fully saturated rings. The van der Waals surface area contributed by atoms with Crippen LogP contribution in [-0.4, -0.2) is 22.0 Å². The van der Waals surface area contributed by atoms with Gasteiger partial charge in [-0.1, -0.05) is 18.5 Å². The number of hydrogen-bond acceptors (Lipinski definition) is 3. The zero-order valence-electron chi connectivity index (χ0n) is 9.95. The molecular weight excluding hydrogens is 255 g/mol. The summed E-state index contributed by atoms with van der Waals surface area (Å²) in [5.74, 6) is -0.259. The highest BCUT2D eigenvalue weighted by atomic mass is 35.5. The maximum absolute atomic E-state index is 13.7. The summed E-state index contributed by atoms with van der Waals surface area (Å²) in [4.78, 5) is 0. The van der Waals surface area contributed by atoms with E-state index in [4.69, 9.17) is 11.6 Å². The maximum Gasteiger partial charge on any atom is 0.126 e. The molecule has 6 heteroatoms. The Morgan fingerprint density at radius 3 is 3.00 bits per heavy atom. The van der Waals surface area contributed by atoms with Crippen LogP contribution in [0.5, 0.6) is 0 Å². The van der Waals surface area contributed by atoms with Gasteiger partial charge in [0.05, 0.1) is 17.9 Å². The fraction of sp³-hybridized carbons (Fsp3) is 0.333. The average molecular weight is 269 g/mol. The van der Waals surface area contributed by atoms with Crippen molar-refractivity contribution in [1.29, 1.82) is 0 Å². The van der Waals surface area contributed by atoms with E-state index in [-0.39, 0.29) is 11.9 Å². The zero-order valence-corrected chi connectivity index (χ0v) is 10.7. The molecule has 4 nitrogen and oxygen atoms in total. The zero-order chi connectivity index (χ0) is 13.0. The summed E-state index contributed by atoms with van der Waals surface area (Å²) in [6, 6.07) is 4.48. The number of halogens is 2. The first-order valence-corrected chi connectivity index (χ1v) is 6.11. The molecule has 0 radical (unpaired) electrons. The smallest absolute Gasteiger partial charge is 0.126 e. The highest BCUT2D eigenvalue weighted by Gasteiger charge is 2.16. The van der Waals surface area contributed by atoms with E-state index in [1.165, 1.54) is 6.07 Å². The minimum absolute atomic E-state index is 0.0817. The van der Waals surface area contributed by atoms with Gasteiger partial charge >= 0.3 is 0 Å². The second kappa shape index (κ2) is 5.93. The van der Waals surface area contributed by atoms with E-state index >= 15 is 0 Å². The van der Waals surface area contributed by atoms with E-state index in [0.29, 0.717) is 17.0 Å². The van der Waals surface area contributed by atoms with Crippen LogP contribution < -0.4 is 5.32 Å². The van der Waals surface area contributed by atoms with Gasteiger partial charge in [0.25, 0.3) is 0 Å². The van der Waals surface area contributed by atoms with Crippen molar-refractivity contribution in [2.24, 2.45) is 0 Å². The Balaban J connectivity index is 2.21. The molecule has 0 aliphatic heterocycles.